The van der Waals surface area contributed by atoms with Crippen LogP contribution in [0, 0.1) is 5.92 Å². The van der Waals surface area contributed by atoms with Crippen molar-refractivity contribution in [3.05, 3.63) is 30.9 Å². The molecule has 0 aromatic carbocycles. The predicted octanol–water partition coefficient (Wildman–Crippen LogP) is 5.45. The van der Waals surface area contributed by atoms with E-state index in [-0.39, 0.29) is 48.4 Å². The van der Waals surface area contributed by atoms with Crippen molar-refractivity contribution in [3.8, 4) is 0 Å². The van der Waals surface area contributed by atoms with Gasteiger partial charge >= 0.3 is 17.9 Å². The second kappa shape index (κ2) is 19.8. The molecule has 0 radical (unpaired) electrons. The number of hydrogen-bond donors (Lipinski definition) is 1. The van der Waals surface area contributed by atoms with Crippen LogP contribution in [0.4, 0.5) is 0 Å². The summed E-state index contributed by atoms with van der Waals surface area (Å²) in [4.78, 5) is 23.8. The summed E-state index contributed by atoms with van der Waals surface area (Å²) in [6, 6.07) is 0. The molecule has 10 heteroatoms. The highest BCUT2D eigenvalue weighted by Gasteiger charge is 2.31. The first-order valence-electron chi connectivity index (χ1n) is 15.6. The molecule has 0 spiro atoms. The minimum atomic E-state index is -0.416. The van der Waals surface area contributed by atoms with E-state index in [1.807, 2.05) is 0 Å². The number of aliphatic hydroxyl groups excluding tert-OH is 1. The maximum atomic E-state index is 12.7. The van der Waals surface area contributed by atoms with E-state index in [0.717, 1.165) is 83.1 Å². The van der Waals surface area contributed by atoms with Crippen molar-refractivity contribution in [2.45, 2.75) is 120 Å². The van der Waals surface area contributed by atoms with Crippen LogP contribution in [0.25, 0.3) is 0 Å². The second-order valence-electron chi connectivity index (χ2n) is 11.3. The standard InChI is InChI=1S/C32H50O10/c1-3-30(33)38-21-5-19-36-25-9-7-24(8-10-25)32(35)42-29-17-15-28(16-18-29)41-23-40-27-13-11-26(12-14-27)37-20-6-22-39-31(34)4-2/h3,24-29,34H,1-2,5-23H2. The zero-order valence-electron chi connectivity index (χ0n) is 25.0. The highest BCUT2D eigenvalue weighted by atomic mass is 16.7. The molecule has 0 unspecified atom stereocenters. The summed E-state index contributed by atoms with van der Waals surface area (Å²) < 4.78 is 39.6. The lowest BCUT2D eigenvalue weighted by molar-refractivity contribution is -0.164. The van der Waals surface area contributed by atoms with Crippen molar-refractivity contribution in [2.75, 3.05) is 33.2 Å². The lowest BCUT2D eigenvalue weighted by Gasteiger charge is -2.32. The molecule has 0 aromatic rings. The minimum Gasteiger partial charge on any atom is -0.475 e. The van der Waals surface area contributed by atoms with Crippen LogP contribution in [-0.4, -0.2) is 80.8 Å². The van der Waals surface area contributed by atoms with Crippen LogP contribution in [-0.2, 0) is 42.7 Å². The Kier molecular flexibility index (Phi) is 16.1. The molecule has 0 amide bonds. The Labute approximate surface area is 250 Å². The van der Waals surface area contributed by atoms with Crippen LogP contribution in [0.5, 0.6) is 0 Å². The van der Waals surface area contributed by atoms with Gasteiger partial charge in [0.1, 0.15) is 12.9 Å². The Morgan fingerprint density at radius 2 is 1.12 bits per heavy atom. The average molecular weight is 595 g/mol. The van der Waals surface area contributed by atoms with Gasteiger partial charge in [0.2, 0.25) is 0 Å². The Morgan fingerprint density at radius 3 is 1.62 bits per heavy atom. The van der Waals surface area contributed by atoms with Crippen LogP contribution >= 0.6 is 0 Å². The van der Waals surface area contributed by atoms with Gasteiger partial charge in [-0.3, -0.25) is 4.79 Å². The molecule has 42 heavy (non-hydrogen) atoms. The summed E-state index contributed by atoms with van der Waals surface area (Å²) in [6.07, 6.45) is 13.7. The van der Waals surface area contributed by atoms with E-state index in [4.69, 9.17) is 38.3 Å². The number of ether oxygens (including phenoxy) is 7. The Balaban J connectivity index is 1.16. The van der Waals surface area contributed by atoms with E-state index < -0.39 is 5.97 Å². The van der Waals surface area contributed by atoms with Gasteiger partial charge in [-0.05, 0) is 89.4 Å². The Morgan fingerprint density at radius 1 is 0.667 bits per heavy atom. The molecule has 3 fully saturated rings. The van der Waals surface area contributed by atoms with Gasteiger partial charge in [0.25, 0.3) is 0 Å². The van der Waals surface area contributed by atoms with Gasteiger partial charge in [0.15, 0.2) is 0 Å². The molecule has 0 atom stereocenters. The highest BCUT2D eigenvalue weighted by molar-refractivity contribution is 5.81. The van der Waals surface area contributed by atoms with Gasteiger partial charge in [-0.25, -0.2) is 4.79 Å². The van der Waals surface area contributed by atoms with E-state index >= 15 is 0 Å². The maximum Gasteiger partial charge on any atom is 0.330 e. The zero-order valence-corrected chi connectivity index (χ0v) is 25.0. The monoisotopic (exact) mass is 594 g/mol. The molecule has 0 heterocycles. The fourth-order valence-electron chi connectivity index (χ4n) is 5.71. The van der Waals surface area contributed by atoms with Crippen LogP contribution in [0.2, 0.25) is 0 Å². The molecular formula is C32H50O10. The molecule has 0 bridgehead atoms. The molecule has 3 aliphatic carbocycles. The molecular weight excluding hydrogens is 544 g/mol. The van der Waals surface area contributed by atoms with Crippen molar-refractivity contribution >= 4 is 11.9 Å². The van der Waals surface area contributed by atoms with E-state index in [1.165, 1.54) is 0 Å². The van der Waals surface area contributed by atoms with Gasteiger partial charge < -0.3 is 38.3 Å². The third kappa shape index (κ3) is 13.3. The molecule has 1 N–H and O–H groups in total. The first-order chi connectivity index (χ1) is 20.5. The largest absolute Gasteiger partial charge is 0.475 e. The Bertz CT molecular complexity index is 845. The molecule has 3 aliphatic rings. The molecule has 238 valence electrons. The minimum absolute atomic E-state index is 0.0310. The lowest BCUT2D eigenvalue weighted by Crippen LogP contribution is -2.33. The molecule has 3 rings (SSSR count). The van der Waals surface area contributed by atoms with Crippen molar-refractivity contribution in [1.82, 2.24) is 0 Å². The van der Waals surface area contributed by atoms with Crippen molar-refractivity contribution in [2.24, 2.45) is 5.92 Å². The number of rotatable bonds is 18. The van der Waals surface area contributed by atoms with Crippen molar-refractivity contribution in [1.29, 1.82) is 0 Å². The summed E-state index contributed by atoms with van der Waals surface area (Å²) >= 11 is 0. The molecule has 0 saturated heterocycles. The average Bonchev–Trinajstić information content (AvgIpc) is 3.02. The normalized spacial score (nSPS) is 27.8. The SMILES string of the molecule is C=C=C(O)OCCCOC1CCC(OCOC2CCC(OC(=O)C3CCC(OCCCOC(=O)C=C)CC3)CC2)CC1. The number of hydrogen-bond acceptors (Lipinski definition) is 10. The molecule has 10 nitrogen and oxygen atoms in total. The van der Waals surface area contributed by atoms with Gasteiger partial charge in [0.05, 0.1) is 56.8 Å². The molecule has 3 saturated carbocycles. The van der Waals surface area contributed by atoms with Crippen LogP contribution < -0.4 is 0 Å². The summed E-state index contributed by atoms with van der Waals surface area (Å²) in [6.45, 7) is 8.82. The topological polar surface area (TPSA) is 119 Å². The quantitative estimate of drug-likeness (QED) is 0.0548. The van der Waals surface area contributed by atoms with Crippen LogP contribution in [0.1, 0.15) is 89.9 Å². The van der Waals surface area contributed by atoms with E-state index in [1.54, 1.807) is 0 Å². The first kappa shape index (κ1) is 34.1. The first-order valence-corrected chi connectivity index (χ1v) is 15.6. The van der Waals surface area contributed by atoms with E-state index in [9.17, 15) is 9.59 Å². The number of aliphatic hydroxyl groups is 1. The van der Waals surface area contributed by atoms with Gasteiger partial charge in [-0.2, -0.15) is 0 Å². The number of carbonyl (C=O) groups excluding carboxylic acids is 2. The summed E-state index contributed by atoms with van der Waals surface area (Å²) in [5.74, 6) is -0.817. The molecule has 0 aromatic heterocycles. The zero-order chi connectivity index (χ0) is 30.0. The van der Waals surface area contributed by atoms with E-state index in [2.05, 4.69) is 18.9 Å². The van der Waals surface area contributed by atoms with Crippen molar-refractivity contribution < 1.29 is 47.9 Å². The van der Waals surface area contributed by atoms with E-state index in [0.29, 0.717) is 46.1 Å². The number of esters is 2. The second-order valence-corrected chi connectivity index (χ2v) is 11.3. The number of carbonyl (C=O) groups is 2. The summed E-state index contributed by atoms with van der Waals surface area (Å²) in [5.41, 5.74) is 2.28. The molecule has 0 aliphatic heterocycles. The Hall–Kier alpha value is -2.36. The fourth-order valence-corrected chi connectivity index (χ4v) is 5.71. The summed E-state index contributed by atoms with van der Waals surface area (Å²) in [7, 11) is 0. The van der Waals surface area contributed by atoms with Gasteiger partial charge in [-0.1, -0.05) is 6.58 Å². The smallest absolute Gasteiger partial charge is 0.330 e. The van der Waals surface area contributed by atoms with Gasteiger partial charge in [0, 0.05) is 18.9 Å². The highest BCUT2D eigenvalue weighted by Crippen LogP contribution is 2.30. The van der Waals surface area contributed by atoms with Crippen LogP contribution in [0.3, 0.4) is 0 Å². The van der Waals surface area contributed by atoms with Crippen LogP contribution in [0.15, 0.2) is 30.9 Å². The van der Waals surface area contributed by atoms with Gasteiger partial charge in [-0.15, -0.1) is 0 Å². The van der Waals surface area contributed by atoms with Crippen molar-refractivity contribution in [3.63, 3.8) is 0 Å². The maximum absolute atomic E-state index is 12.7. The third-order valence-electron chi connectivity index (χ3n) is 8.23. The predicted molar refractivity (Wildman–Crippen MR) is 154 cm³/mol. The lowest BCUT2D eigenvalue weighted by atomic mass is 9.87. The summed E-state index contributed by atoms with van der Waals surface area (Å²) in [5, 5.41) is 9.15. The third-order valence-corrected chi connectivity index (χ3v) is 8.23. The fraction of sp³-hybridized carbons (Fsp3) is 0.781.